The molecule has 106 valence electrons. The van der Waals surface area contributed by atoms with Crippen molar-refractivity contribution in [1.82, 2.24) is 0 Å². The molecule has 0 saturated heterocycles. The normalized spacial score (nSPS) is 12.3. The number of carbonyl (C=O) groups is 1. The Labute approximate surface area is 119 Å². The van der Waals surface area contributed by atoms with Gasteiger partial charge in [-0.15, -0.1) is 0 Å². The molecule has 1 aromatic heterocycles. The summed E-state index contributed by atoms with van der Waals surface area (Å²) in [5.41, 5.74) is 2.69. The van der Waals surface area contributed by atoms with Crippen LogP contribution in [0.1, 0.15) is 33.0 Å². The molecule has 20 heavy (non-hydrogen) atoms. The molecular weight excluding hydrogens is 276 g/mol. The van der Waals surface area contributed by atoms with Crippen LogP contribution in [-0.2, 0) is 22.3 Å². The van der Waals surface area contributed by atoms with Crippen LogP contribution in [0.4, 0.5) is 0 Å². The third-order valence-electron chi connectivity index (χ3n) is 2.88. The maximum Gasteiger partial charge on any atom is 0.372 e. The van der Waals surface area contributed by atoms with Crippen LogP contribution in [0.25, 0.3) is 0 Å². The zero-order valence-electron chi connectivity index (χ0n) is 11.4. The number of carboxylic acid groups (broad SMARTS) is 1. The Morgan fingerprint density at radius 3 is 2.60 bits per heavy atom. The number of aromatic carboxylic acids is 1. The van der Waals surface area contributed by atoms with Crippen LogP contribution >= 0.6 is 0 Å². The molecule has 4 nitrogen and oxygen atoms in total. The van der Waals surface area contributed by atoms with Gasteiger partial charge in [0.15, 0.2) is 0 Å². The van der Waals surface area contributed by atoms with E-state index in [-0.39, 0.29) is 11.5 Å². The van der Waals surface area contributed by atoms with E-state index in [2.05, 4.69) is 0 Å². The highest BCUT2D eigenvalue weighted by atomic mass is 32.2. The number of aryl methyl sites for hydroxylation is 2. The number of benzene rings is 1. The van der Waals surface area contributed by atoms with Gasteiger partial charge < -0.3 is 9.52 Å². The van der Waals surface area contributed by atoms with Crippen LogP contribution in [-0.4, -0.2) is 15.3 Å². The van der Waals surface area contributed by atoms with Crippen molar-refractivity contribution in [3.8, 4) is 0 Å². The van der Waals surface area contributed by atoms with Crippen LogP contribution in [0.5, 0.6) is 0 Å². The monoisotopic (exact) mass is 292 g/mol. The average Bonchev–Trinajstić information content (AvgIpc) is 2.70. The summed E-state index contributed by atoms with van der Waals surface area (Å²) in [6.45, 7) is 3.65. The molecule has 2 aromatic rings. The first kappa shape index (κ1) is 14.5. The third kappa shape index (κ3) is 3.57. The second-order valence-electron chi connectivity index (χ2n) is 4.75. The molecule has 0 bridgehead atoms. The van der Waals surface area contributed by atoms with Gasteiger partial charge in [-0.3, -0.25) is 4.21 Å². The standard InChI is InChI=1S/C15H16O4S/c1-10-4-3-5-12(6-10)8-20(18)9-13-7-11(2)14(19-13)15(16)17/h3-7H,8-9H2,1-2H3,(H,16,17). The summed E-state index contributed by atoms with van der Waals surface area (Å²) >= 11 is 0. The van der Waals surface area contributed by atoms with Crippen molar-refractivity contribution in [1.29, 1.82) is 0 Å². The molecular formula is C15H16O4S. The summed E-state index contributed by atoms with van der Waals surface area (Å²) < 4.78 is 17.3. The van der Waals surface area contributed by atoms with E-state index < -0.39 is 16.8 Å². The highest BCUT2D eigenvalue weighted by Gasteiger charge is 2.15. The van der Waals surface area contributed by atoms with E-state index in [9.17, 15) is 9.00 Å². The molecule has 0 aliphatic carbocycles. The fourth-order valence-corrected chi connectivity index (χ4v) is 3.14. The fraction of sp³-hybridized carbons (Fsp3) is 0.267. The quantitative estimate of drug-likeness (QED) is 0.919. The lowest BCUT2D eigenvalue weighted by Gasteiger charge is -2.02. The van der Waals surface area contributed by atoms with Crippen molar-refractivity contribution < 1.29 is 18.5 Å². The van der Waals surface area contributed by atoms with Crippen LogP contribution in [0.15, 0.2) is 34.7 Å². The topological polar surface area (TPSA) is 67.5 Å². The Bertz CT molecular complexity index is 658. The summed E-state index contributed by atoms with van der Waals surface area (Å²) in [5, 5.41) is 8.91. The van der Waals surface area contributed by atoms with Crippen molar-refractivity contribution >= 4 is 16.8 Å². The molecule has 1 unspecified atom stereocenters. The number of furan rings is 1. The maximum atomic E-state index is 12.1. The van der Waals surface area contributed by atoms with Gasteiger partial charge in [0.25, 0.3) is 0 Å². The smallest absolute Gasteiger partial charge is 0.372 e. The predicted octanol–water partition coefficient (Wildman–Crippen LogP) is 3.04. The summed E-state index contributed by atoms with van der Waals surface area (Å²) in [7, 11) is -1.13. The molecule has 0 fully saturated rings. The lowest BCUT2D eigenvalue weighted by molar-refractivity contribution is 0.0659. The third-order valence-corrected chi connectivity index (χ3v) is 4.14. The van der Waals surface area contributed by atoms with Crippen molar-refractivity contribution in [3.05, 3.63) is 58.5 Å². The lowest BCUT2D eigenvalue weighted by atomic mass is 10.2. The largest absolute Gasteiger partial charge is 0.475 e. The minimum atomic E-state index is -1.13. The first-order chi connectivity index (χ1) is 9.45. The molecule has 1 aromatic carbocycles. The van der Waals surface area contributed by atoms with Crippen LogP contribution in [0.2, 0.25) is 0 Å². The molecule has 0 aliphatic rings. The molecule has 2 rings (SSSR count). The Morgan fingerprint density at radius 1 is 1.25 bits per heavy atom. The van der Waals surface area contributed by atoms with E-state index in [1.165, 1.54) is 0 Å². The summed E-state index contributed by atoms with van der Waals surface area (Å²) in [5.74, 6) is -0.0667. The zero-order valence-corrected chi connectivity index (χ0v) is 12.2. The van der Waals surface area contributed by atoms with E-state index in [0.717, 1.165) is 11.1 Å². The lowest BCUT2D eigenvalue weighted by Crippen LogP contribution is -1.99. The summed E-state index contributed by atoms with van der Waals surface area (Å²) in [6.07, 6.45) is 0. The van der Waals surface area contributed by atoms with Crippen LogP contribution in [0.3, 0.4) is 0 Å². The molecule has 0 amide bonds. The van der Waals surface area contributed by atoms with Crippen molar-refractivity contribution in [2.24, 2.45) is 0 Å². The highest BCUT2D eigenvalue weighted by Crippen LogP contribution is 2.17. The molecule has 5 heteroatoms. The van der Waals surface area contributed by atoms with E-state index in [4.69, 9.17) is 9.52 Å². The van der Waals surface area contributed by atoms with Gasteiger partial charge in [-0.25, -0.2) is 4.79 Å². The van der Waals surface area contributed by atoms with E-state index in [0.29, 0.717) is 17.1 Å². The number of hydrogen-bond acceptors (Lipinski definition) is 3. The van der Waals surface area contributed by atoms with Crippen LogP contribution in [0, 0.1) is 13.8 Å². The van der Waals surface area contributed by atoms with Crippen molar-refractivity contribution in [2.75, 3.05) is 0 Å². The number of hydrogen-bond donors (Lipinski definition) is 1. The van der Waals surface area contributed by atoms with Crippen molar-refractivity contribution in [3.63, 3.8) is 0 Å². The first-order valence-electron chi connectivity index (χ1n) is 6.19. The average molecular weight is 292 g/mol. The number of carboxylic acids is 1. The SMILES string of the molecule is Cc1cccc(CS(=O)Cc2cc(C)c(C(=O)O)o2)c1. The van der Waals surface area contributed by atoms with Gasteiger partial charge >= 0.3 is 5.97 Å². The molecule has 0 saturated carbocycles. The fourth-order valence-electron chi connectivity index (χ4n) is 2.03. The molecule has 1 heterocycles. The van der Waals surface area contributed by atoms with Crippen molar-refractivity contribution in [2.45, 2.75) is 25.4 Å². The van der Waals surface area contributed by atoms with Gasteiger partial charge in [0.05, 0.1) is 5.75 Å². The number of rotatable bonds is 5. The van der Waals surface area contributed by atoms with Gasteiger partial charge in [0, 0.05) is 22.1 Å². The van der Waals surface area contributed by atoms with Gasteiger partial charge in [-0.2, -0.15) is 0 Å². The van der Waals surface area contributed by atoms with Gasteiger partial charge in [0.1, 0.15) is 5.76 Å². The van der Waals surface area contributed by atoms with E-state index >= 15 is 0 Å². The molecule has 1 N–H and O–H groups in total. The van der Waals surface area contributed by atoms with Gasteiger partial charge in [-0.05, 0) is 25.5 Å². The highest BCUT2D eigenvalue weighted by molar-refractivity contribution is 7.83. The second-order valence-corrected chi connectivity index (χ2v) is 6.20. The zero-order chi connectivity index (χ0) is 14.7. The Kier molecular flexibility index (Phi) is 4.39. The molecule has 0 radical (unpaired) electrons. The predicted molar refractivity (Wildman–Crippen MR) is 77.1 cm³/mol. The minimum absolute atomic E-state index is 0.0763. The summed E-state index contributed by atoms with van der Waals surface area (Å²) in [4.78, 5) is 10.9. The summed E-state index contributed by atoms with van der Waals surface area (Å²) in [6, 6.07) is 9.48. The molecule has 0 spiro atoms. The Balaban J connectivity index is 2.05. The maximum absolute atomic E-state index is 12.1. The van der Waals surface area contributed by atoms with Gasteiger partial charge in [-0.1, -0.05) is 29.8 Å². The molecule has 0 aliphatic heterocycles. The van der Waals surface area contributed by atoms with E-state index in [1.807, 2.05) is 31.2 Å². The van der Waals surface area contributed by atoms with Gasteiger partial charge in [0.2, 0.25) is 5.76 Å². The van der Waals surface area contributed by atoms with E-state index in [1.54, 1.807) is 13.0 Å². The Hall–Kier alpha value is -1.88. The van der Waals surface area contributed by atoms with Crippen LogP contribution < -0.4 is 0 Å². The second kappa shape index (κ2) is 6.05. The Morgan fingerprint density at radius 2 is 2.00 bits per heavy atom. The minimum Gasteiger partial charge on any atom is -0.475 e. The molecule has 1 atom stereocenters. The first-order valence-corrected chi connectivity index (χ1v) is 7.67.